The van der Waals surface area contributed by atoms with Gasteiger partial charge < -0.3 is 10.4 Å². The van der Waals surface area contributed by atoms with Gasteiger partial charge in [0, 0.05) is 16.8 Å². The average molecular weight is 293 g/mol. The number of aryl methyl sites for hydroxylation is 2. The van der Waals surface area contributed by atoms with Gasteiger partial charge in [-0.05, 0) is 50.2 Å². The Morgan fingerprint density at radius 1 is 1.25 bits per heavy atom. The number of hydrogen-bond acceptors (Lipinski definition) is 3. The van der Waals surface area contributed by atoms with Crippen molar-refractivity contribution in [1.82, 2.24) is 5.32 Å². The third-order valence-electron chi connectivity index (χ3n) is 4.64. The van der Waals surface area contributed by atoms with Gasteiger partial charge in [0.15, 0.2) is 0 Å². The second-order valence-electron chi connectivity index (χ2n) is 6.31. The standard InChI is InChI=1S/C16H23NO2S/c18-11-16(7-8-16)10-17-15(19)14-9-12-5-3-1-2-4-6-13(12)20-14/h9,18H,1-8,10-11H2,(H,17,19). The molecule has 0 bridgehead atoms. The first-order valence-corrected chi connectivity index (χ1v) is 8.55. The Labute approximate surface area is 124 Å². The highest BCUT2D eigenvalue weighted by atomic mass is 32.1. The Morgan fingerprint density at radius 2 is 2.00 bits per heavy atom. The van der Waals surface area contributed by atoms with Crippen molar-refractivity contribution < 1.29 is 9.90 Å². The summed E-state index contributed by atoms with van der Waals surface area (Å²) in [5.41, 5.74) is 1.38. The van der Waals surface area contributed by atoms with Crippen LogP contribution in [0.1, 0.15) is 58.6 Å². The van der Waals surface area contributed by atoms with Crippen LogP contribution in [0.25, 0.3) is 0 Å². The fraction of sp³-hybridized carbons (Fsp3) is 0.688. The molecule has 1 saturated carbocycles. The van der Waals surface area contributed by atoms with E-state index >= 15 is 0 Å². The van der Waals surface area contributed by atoms with Crippen LogP contribution in [-0.2, 0) is 12.8 Å². The second kappa shape index (κ2) is 5.86. The lowest BCUT2D eigenvalue weighted by molar-refractivity contribution is 0.0939. The summed E-state index contributed by atoms with van der Waals surface area (Å²) in [6.45, 7) is 0.805. The zero-order chi connectivity index (χ0) is 14.0. The number of amides is 1. The fourth-order valence-corrected chi connectivity index (χ4v) is 4.05. The summed E-state index contributed by atoms with van der Waals surface area (Å²) in [5, 5.41) is 12.3. The van der Waals surface area contributed by atoms with Crippen LogP contribution in [0.15, 0.2) is 6.07 Å². The lowest BCUT2D eigenvalue weighted by atomic mass is 10.00. The van der Waals surface area contributed by atoms with E-state index in [0.717, 1.165) is 30.6 Å². The molecule has 1 amide bonds. The van der Waals surface area contributed by atoms with Crippen LogP contribution in [0.2, 0.25) is 0 Å². The Balaban J connectivity index is 1.64. The third-order valence-corrected chi connectivity index (χ3v) is 5.87. The minimum atomic E-state index is -0.0124. The molecule has 2 aliphatic rings. The van der Waals surface area contributed by atoms with E-state index in [4.69, 9.17) is 0 Å². The first-order chi connectivity index (χ1) is 9.72. The number of thiophene rings is 1. The fourth-order valence-electron chi connectivity index (χ4n) is 2.88. The molecule has 0 aliphatic heterocycles. The molecule has 3 rings (SSSR count). The molecule has 1 aromatic rings. The molecule has 0 atom stereocenters. The predicted molar refractivity (Wildman–Crippen MR) is 81.3 cm³/mol. The summed E-state index contributed by atoms with van der Waals surface area (Å²) in [4.78, 5) is 14.5. The number of nitrogens with one attached hydrogen (secondary N) is 1. The Morgan fingerprint density at radius 3 is 2.70 bits per heavy atom. The highest BCUT2D eigenvalue weighted by Crippen LogP contribution is 2.44. The Bertz CT molecular complexity index is 465. The smallest absolute Gasteiger partial charge is 0.261 e. The minimum absolute atomic E-state index is 0.0124. The molecule has 0 unspecified atom stereocenters. The van der Waals surface area contributed by atoms with Gasteiger partial charge in [0.25, 0.3) is 5.91 Å². The van der Waals surface area contributed by atoms with Crippen molar-refractivity contribution in [2.24, 2.45) is 5.41 Å². The minimum Gasteiger partial charge on any atom is -0.396 e. The lowest BCUT2D eigenvalue weighted by Gasteiger charge is -2.11. The van der Waals surface area contributed by atoms with E-state index in [1.807, 2.05) is 0 Å². The highest BCUT2D eigenvalue weighted by molar-refractivity contribution is 7.14. The van der Waals surface area contributed by atoms with E-state index in [2.05, 4.69) is 11.4 Å². The van der Waals surface area contributed by atoms with Crippen LogP contribution in [0.3, 0.4) is 0 Å². The van der Waals surface area contributed by atoms with Gasteiger partial charge >= 0.3 is 0 Å². The molecule has 1 heterocycles. The summed E-state index contributed by atoms with van der Waals surface area (Å²) in [7, 11) is 0. The summed E-state index contributed by atoms with van der Waals surface area (Å²) < 4.78 is 0. The molecule has 3 nitrogen and oxygen atoms in total. The van der Waals surface area contributed by atoms with Crippen molar-refractivity contribution in [2.75, 3.05) is 13.2 Å². The zero-order valence-electron chi connectivity index (χ0n) is 11.9. The second-order valence-corrected chi connectivity index (χ2v) is 7.45. The van der Waals surface area contributed by atoms with Crippen LogP contribution in [0, 0.1) is 5.41 Å². The SMILES string of the molecule is O=C(NCC1(CO)CC1)c1cc2c(s1)CCCCCC2. The van der Waals surface area contributed by atoms with Gasteiger partial charge in [-0.2, -0.15) is 0 Å². The van der Waals surface area contributed by atoms with Gasteiger partial charge in [-0.3, -0.25) is 4.79 Å². The molecule has 2 aliphatic carbocycles. The molecule has 4 heteroatoms. The van der Waals surface area contributed by atoms with Gasteiger partial charge in [0.2, 0.25) is 0 Å². The molecule has 20 heavy (non-hydrogen) atoms. The van der Waals surface area contributed by atoms with Crippen molar-refractivity contribution >= 4 is 17.2 Å². The quantitative estimate of drug-likeness (QED) is 0.897. The van der Waals surface area contributed by atoms with Gasteiger partial charge in [-0.15, -0.1) is 11.3 Å². The van der Waals surface area contributed by atoms with Gasteiger partial charge in [0.1, 0.15) is 0 Å². The number of hydrogen-bond donors (Lipinski definition) is 2. The van der Waals surface area contributed by atoms with Crippen molar-refractivity contribution in [2.45, 2.75) is 51.4 Å². The molecular weight excluding hydrogens is 270 g/mol. The Hall–Kier alpha value is -0.870. The molecule has 110 valence electrons. The van der Waals surface area contributed by atoms with E-state index in [0.29, 0.717) is 6.54 Å². The highest BCUT2D eigenvalue weighted by Gasteiger charge is 2.42. The number of rotatable bonds is 4. The maximum Gasteiger partial charge on any atom is 0.261 e. The Kier molecular flexibility index (Phi) is 4.13. The van der Waals surface area contributed by atoms with E-state index in [1.165, 1.54) is 36.1 Å². The maximum absolute atomic E-state index is 12.2. The molecule has 1 aromatic heterocycles. The van der Waals surface area contributed by atoms with Crippen LogP contribution >= 0.6 is 11.3 Å². The molecule has 0 radical (unpaired) electrons. The van der Waals surface area contributed by atoms with E-state index < -0.39 is 0 Å². The summed E-state index contributed by atoms with van der Waals surface area (Å²) in [6.07, 6.45) is 9.46. The largest absolute Gasteiger partial charge is 0.396 e. The van der Waals surface area contributed by atoms with Crippen LogP contribution in [-0.4, -0.2) is 24.2 Å². The number of aliphatic hydroxyl groups is 1. The van der Waals surface area contributed by atoms with Crippen molar-refractivity contribution in [1.29, 1.82) is 0 Å². The van der Waals surface area contributed by atoms with Crippen LogP contribution in [0.4, 0.5) is 0 Å². The third kappa shape index (κ3) is 3.07. The van der Waals surface area contributed by atoms with Crippen molar-refractivity contribution in [3.8, 4) is 0 Å². The van der Waals surface area contributed by atoms with Crippen molar-refractivity contribution in [3.63, 3.8) is 0 Å². The normalized spacial score (nSPS) is 20.6. The molecule has 1 fully saturated rings. The first-order valence-electron chi connectivity index (χ1n) is 7.73. The van der Waals surface area contributed by atoms with E-state index in [9.17, 15) is 9.90 Å². The van der Waals surface area contributed by atoms with Crippen LogP contribution in [0.5, 0.6) is 0 Å². The summed E-state index contributed by atoms with van der Waals surface area (Å²) in [5.74, 6) is 0.0430. The molecular formula is C16H23NO2S. The number of carbonyl (C=O) groups excluding carboxylic acids is 1. The summed E-state index contributed by atoms with van der Waals surface area (Å²) in [6, 6.07) is 2.10. The van der Waals surface area contributed by atoms with E-state index in [-0.39, 0.29) is 17.9 Å². The summed E-state index contributed by atoms with van der Waals surface area (Å²) >= 11 is 1.67. The molecule has 0 saturated heterocycles. The zero-order valence-corrected chi connectivity index (χ0v) is 12.7. The number of aliphatic hydroxyl groups excluding tert-OH is 1. The van der Waals surface area contributed by atoms with Crippen LogP contribution < -0.4 is 5.32 Å². The average Bonchev–Trinajstić information content (AvgIpc) is 3.12. The monoisotopic (exact) mass is 293 g/mol. The molecule has 0 aromatic carbocycles. The van der Waals surface area contributed by atoms with E-state index in [1.54, 1.807) is 11.3 Å². The number of fused-ring (bicyclic) bond motifs is 1. The van der Waals surface area contributed by atoms with Crippen molar-refractivity contribution in [3.05, 3.63) is 21.4 Å². The predicted octanol–water partition coefficient (Wildman–Crippen LogP) is 2.91. The topological polar surface area (TPSA) is 49.3 Å². The molecule has 0 spiro atoms. The first kappa shape index (κ1) is 14.1. The maximum atomic E-state index is 12.2. The van der Waals surface area contributed by atoms with Gasteiger partial charge in [-0.1, -0.05) is 12.8 Å². The van der Waals surface area contributed by atoms with Gasteiger partial charge in [0.05, 0.1) is 11.5 Å². The molecule has 2 N–H and O–H groups in total. The lowest BCUT2D eigenvalue weighted by Crippen LogP contribution is -2.31. The van der Waals surface area contributed by atoms with Gasteiger partial charge in [-0.25, -0.2) is 0 Å². The number of carbonyl (C=O) groups is 1.